The zero-order valence-corrected chi connectivity index (χ0v) is 11.3. The SMILES string of the molecule is C#CCNC(=O)c1ccc(F)c(S(=O)(=O)NCC=C)c1. The Labute approximate surface area is 116 Å². The van der Waals surface area contributed by atoms with E-state index in [1.54, 1.807) is 0 Å². The van der Waals surface area contributed by atoms with E-state index in [1.165, 1.54) is 12.1 Å². The Hall–Kier alpha value is -2.17. The summed E-state index contributed by atoms with van der Waals surface area (Å²) >= 11 is 0. The van der Waals surface area contributed by atoms with Crippen molar-refractivity contribution in [3.63, 3.8) is 0 Å². The third-order valence-corrected chi connectivity index (χ3v) is 3.69. The van der Waals surface area contributed by atoms with Crippen LogP contribution >= 0.6 is 0 Å². The van der Waals surface area contributed by atoms with Crippen molar-refractivity contribution >= 4 is 15.9 Å². The van der Waals surface area contributed by atoms with Crippen molar-refractivity contribution in [3.8, 4) is 12.3 Å². The predicted octanol–water partition coefficient (Wildman–Crippen LogP) is 0.653. The fraction of sp³-hybridized carbons (Fsp3) is 0.154. The number of sulfonamides is 1. The summed E-state index contributed by atoms with van der Waals surface area (Å²) in [5.41, 5.74) is 0.000582. The van der Waals surface area contributed by atoms with Crippen LogP contribution in [0.4, 0.5) is 4.39 Å². The standard InChI is InChI=1S/C13H13FN2O3S/c1-3-7-15-13(17)10-5-6-11(14)12(9-10)20(18,19)16-8-4-2/h1,4-6,9,16H,2,7-8H2,(H,15,17). The Morgan fingerprint density at radius 1 is 1.50 bits per heavy atom. The molecule has 2 N–H and O–H groups in total. The van der Waals surface area contributed by atoms with Crippen molar-refractivity contribution in [2.75, 3.05) is 13.1 Å². The first-order valence-electron chi connectivity index (χ1n) is 5.54. The second-order valence-electron chi connectivity index (χ2n) is 3.67. The van der Waals surface area contributed by atoms with E-state index in [4.69, 9.17) is 6.42 Å². The van der Waals surface area contributed by atoms with Gasteiger partial charge in [0.25, 0.3) is 5.91 Å². The second kappa shape index (κ2) is 6.84. The van der Waals surface area contributed by atoms with Gasteiger partial charge >= 0.3 is 0 Å². The topological polar surface area (TPSA) is 75.3 Å². The highest BCUT2D eigenvalue weighted by Gasteiger charge is 2.20. The van der Waals surface area contributed by atoms with Crippen molar-refractivity contribution in [3.05, 3.63) is 42.2 Å². The highest BCUT2D eigenvalue weighted by Crippen LogP contribution is 2.16. The van der Waals surface area contributed by atoms with Gasteiger partial charge in [-0.25, -0.2) is 17.5 Å². The molecule has 0 fully saturated rings. The maximum Gasteiger partial charge on any atom is 0.252 e. The van der Waals surface area contributed by atoms with Crippen molar-refractivity contribution in [2.45, 2.75) is 4.90 Å². The minimum absolute atomic E-state index is 0.000582. The highest BCUT2D eigenvalue weighted by atomic mass is 32.2. The largest absolute Gasteiger partial charge is 0.341 e. The molecule has 0 atom stereocenters. The summed E-state index contributed by atoms with van der Waals surface area (Å²) < 4.78 is 39.4. The van der Waals surface area contributed by atoms with Crippen LogP contribution in [0.2, 0.25) is 0 Å². The van der Waals surface area contributed by atoms with Crippen molar-refractivity contribution in [2.24, 2.45) is 0 Å². The zero-order chi connectivity index (χ0) is 15.2. The van der Waals surface area contributed by atoms with Crippen molar-refractivity contribution < 1.29 is 17.6 Å². The molecule has 0 spiro atoms. The third kappa shape index (κ3) is 3.91. The predicted molar refractivity (Wildman–Crippen MR) is 73.0 cm³/mol. The molecular weight excluding hydrogens is 283 g/mol. The van der Waals surface area contributed by atoms with E-state index in [2.05, 4.69) is 22.5 Å². The molecule has 0 aliphatic carbocycles. The second-order valence-corrected chi connectivity index (χ2v) is 5.41. The van der Waals surface area contributed by atoms with Crippen LogP contribution in [0.25, 0.3) is 0 Å². The van der Waals surface area contributed by atoms with E-state index in [-0.39, 0.29) is 18.7 Å². The number of rotatable bonds is 6. The number of halogens is 1. The molecule has 0 saturated carbocycles. The van der Waals surface area contributed by atoms with Crippen molar-refractivity contribution in [1.29, 1.82) is 0 Å². The first-order valence-corrected chi connectivity index (χ1v) is 7.02. The molecule has 5 nitrogen and oxygen atoms in total. The smallest absolute Gasteiger partial charge is 0.252 e. The van der Waals surface area contributed by atoms with E-state index in [9.17, 15) is 17.6 Å². The molecule has 0 aliphatic rings. The number of hydrogen-bond donors (Lipinski definition) is 2. The maximum absolute atomic E-state index is 13.6. The Bertz CT molecular complexity index is 663. The lowest BCUT2D eigenvalue weighted by Crippen LogP contribution is -2.26. The number of carbonyl (C=O) groups excluding carboxylic acids is 1. The summed E-state index contributed by atoms with van der Waals surface area (Å²) in [6, 6.07) is 3.04. The molecule has 1 aromatic carbocycles. The molecule has 1 rings (SSSR count). The molecule has 0 aromatic heterocycles. The van der Waals surface area contributed by atoms with Crippen LogP contribution in [0.5, 0.6) is 0 Å². The van der Waals surface area contributed by atoms with E-state index in [1.807, 2.05) is 0 Å². The highest BCUT2D eigenvalue weighted by molar-refractivity contribution is 7.89. The maximum atomic E-state index is 13.6. The van der Waals surface area contributed by atoms with Crippen LogP contribution in [0.15, 0.2) is 35.7 Å². The lowest BCUT2D eigenvalue weighted by Gasteiger charge is -2.08. The average Bonchev–Trinajstić information content (AvgIpc) is 2.42. The number of terminal acetylenes is 1. The summed E-state index contributed by atoms with van der Waals surface area (Å²) in [6.07, 6.45) is 6.31. The minimum atomic E-state index is -4.05. The molecule has 0 saturated heterocycles. The lowest BCUT2D eigenvalue weighted by atomic mass is 10.2. The van der Waals surface area contributed by atoms with Crippen LogP contribution in [-0.2, 0) is 10.0 Å². The quantitative estimate of drug-likeness (QED) is 0.598. The molecule has 0 radical (unpaired) electrons. The van der Waals surface area contributed by atoms with E-state index in [0.717, 1.165) is 12.1 Å². The minimum Gasteiger partial charge on any atom is -0.341 e. The van der Waals surface area contributed by atoms with Crippen LogP contribution in [-0.4, -0.2) is 27.4 Å². The molecule has 0 bridgehead atoms. The van der Waals surface area contributed by atoms with Crippen LogP contribution < -0.4 is 10.0 Å². The molecular formula is C13H13FN2O3S. The van der Waals surface area contributed by atoms with Gasteiger partial charge in [-0.2, -0.15) is 0 Å². The van der Waals surface area contributed by atoms with Gasteiger partial charge in [-0.15, -0.1) is 13.0 Å². The molecule has 106 valence electrons. The van der Waals surface area contributed by atoms with E-state index >= 15 is 0 Å². The Morgan fingerprint density at radius 2 is 2.20 bits per heavy atom. The Balaban J connectivity index is 3.12. The molecule has 20 heavy (non-hydrogen) atoms. The summed E-state index contributed by atoms with van der Waals surface area (Å²) in [7, 11) is -4.05. The summed E-state index contributed by atoms with van der Waals surface area (Å²) in [5, 5.41) is 2.36. The van der Waals surface area contributed by atoms with Gasteiger partial charge in [0.1, 0.15) is 10.7 Å². The molecule has 1 aromatic rings. The first-order chi connectivity index (χ1) is 9.42. The zero-order valence-electron chi connectivity index (χ0n) is 10.5. The molecule has 0 aliphatic heterocycles. The monoisotopic (exact) mass is 296 g/mol. The van der Waals surface area contributed by atoms with E-state index in [0.29, 0.717) is 0 Å². The van der Waals surface area contributed by atoms with Crippen molar-refractivity contribution in [1.82, 2.24) is 10.0 Å². The number of nitrogens with one attached hydrogen (secondary N) is 2. The van der Waals surface area contributed by atoms with Gasteiger partial charge < -0.3 is 5.32 Å². The van der Waals surface area contributed by atoms with Crippen LogP contribution in [0.3, 0.4) is 0 Å². The van der Waals surface area contributed by atoms with Gasteiger partial charge in [0.15, 0.2) is 0 Å². The Morgan fingerprint density at radius 3 is 2.80 bits per heavy atom. The molecule has 7 heteroatoms. The third-order valence-electron chi connectivity index (χ3n) is 2.25. The van der Waals surface area contributed by atoms with Gasteiger partial charge in [-0.1, -0.05) is 12.0 Å². The summed E-state index contributed by atoms with van der Waals surface area (Å²) in [4.78, 5) is 11.0. The first kappa shape index (κ1) is 15.9. The molecule has 0 unspecified atom stereocenters. The van der Waals surface area contributed by atoms with Gasteiger partial charge in [0.05, 0.1) is 6.54 Å². The fourth-order valence-electron chi connectivity index (χ4n) is 1.33. The van der Waals surface area contributed by atoms with Gasteiger partial charge in [-0.3, -0.25) is 4.79 Å². The normalized spacial score (nSPS) is 10.6. The van der Waals surface area contributed by atoms with Crippen LogP contribution in [0, 0.1) is 18.2 Å². The summed E-state index contributed by atoms with van der Waals surface area (Å²) in [5.74, 6) is 0.675. The van der Waals surface area contributed by atoms with Gasteiger partial charge in [-0.05, 0) is 18.2 Å². The molecule has 1 amide bonds. The van der Waals surface area contributed by atoms with Gasteiger partial charge in [0.2, 0.25) is 10.0 Å². The van der Waals surface area contributed by atoms with Crippen LogP contribution in [0.1, 0.15) is 10.4 Å². The number of hydrogen-bond acceptors (Lipinski definition) is 3. The number of benzene rings is 1. The van der Waals surface area contributed by atoms with E-state index < -0.39 is 26.6 Å². The van der Waals surface area contributed by atoms with Gasteiger partial charge in [0, 0.05) is 12.1 Å². The number of carbonyl (C=O) groups is 1. The number of amides is 1. The Kier molecular flexibility index (Phi) is 5.43. The fourth-order valence-corrected chi connectivity index (χ4v) is 2.43. The average molecular weight is 296 g/mol. The lowest BCUT2D eigenvalue weighted by molar-refractivity contribution is 0.0958. The molecule has 0 heterocycles. The summed E-state index contributed by atoms with van der Waals surface area (Å²) in [6.45, 7) is 3.30.